The van der Waals surface area contributed by atoms with Crippen LogP contribution in [-0.4, -0.2) is 23.4 Å². The molecule has 22 heavy (non-hydrogen) atoms. The fraction of sp³-hybridized carbons (Fsp3) is 0.500. The lowest BCUT2D eigenvalue weighted by molar-refractivity contribution is 0.0368. The van der Waals surface area contributed by atoms with Crippen LogP contribution in [-0.2, 0) is 4.74 Å². The third-order valence-corrected chi connectivity index (χ3v) is 3.94. The first-order valence-electron chi connectivity index (χ1n) is 7.67. The summed E-state index contributed by atoms with van der Waals surface area (Å²) in [4.78, 5) is 12.2. The minimum Gasteiger partial charge on any atom is -0.444 e. The van der Waals surface area contributed by atoms with E-state index in [0.29, 0.717) is 0 Å². The van der Waals surface area contributed by atoms with Gasteiger partial charge in [-0.05, 0) is 39.2 Å². The average molecular weight is 303 g/mol. The van der Waals surface area contributed by atoms with E-state index in [2.05, 4.69) is 17.5 Å². The number of ether oxygens (including phenoxy) is 1. The molecule has 1 aliphatic rings. The van der Waals surface area contributed by atoms with Gasteiger partial charge in [-0.3, -0.25) is 0 Å². The molecule has 4 heteroatoms. The third-order valence-electron chi connectivity index (χ3n) is 3.94. The summed E-state index contributed by atoms with van der Waals surface area (Å²) >= 11 is 0. The van der Waals surface area contributed by atoms with Crippen molar-refractivity contribution < 1.29 is 14.6 Å². The largest absolute Gasteiger partial charge is 0.444 e. The van der Waals surface area contributed by atoms with Crippen LogP contribution in [0.4, 0.5) is 4.79 Å². The molecule has 0 radical (unpaired) electrons. The molecule has 1 aromatic rings. The summed E-state index contributed by atoms with van der Waals surface area (Å²) < 4.78 is 5.39. The molecule has 1 aliphatic carbocycles. The lowest BCUT2D eigenvalue weighted by Crippen LogP contribution is -2.44. The van der Waals surface area contributed by atoms with Crippen molar-refractivity contribution in [3.8, 4) is 0 Å². The molecule has 1 atom stereocenters. The number of allylic oxidation sites excluding steroid dienone is 2. The van der Waals surface area contributed by atoms with Gasteiger partial charge < -0.3 is 15.2 Å². The number of hydrogen-bond donors (Lipinski definition) is 2. The third kappa shape index (κ3) is 3.89. The molecule has 0 heterocycles. The zero-order valence-corrected chi connectivity index (χ0v) is 13.5. The number of amides is 1. The van der Waals surface area contributed by atoms with Gasteiger partial charge >= 0.3 is 6.09 Å². The topological polar surface area (TPSA) is 58.6 Å². The number of benzene rings is 1. The standard InChI is InChI=1S/C18H25NO3/c1-17(2,3)22-16(21)19-15(14-9-5-4-6-10-14)18(13-20)11-7-8-12-18/h4-10,15,20H,11-13H2,1-3H3,(H,19,21). The van der Waals surface area contributed by atoms with Crippen molar-refractivity contribution in [2.24, 2.45) is 5.41 Å². The van der Waals surface area contributed by atoms with Crippen molar-refractivity contribution in [1.82, 2.24) is 5.32 Å². The number of hydrogen-bond acceptors (Lipinski definition) is 3. The molecule has 0 spiro atoms. The number of carbonyl (C=O) groups excluding carboxylic acids is 1. The fourth-order valence-electron chi connectivity index (χ4n) is 2.84. The summed E-state index contributed by atoms with van der Waals surface area (Å²) in [7, 11) is 0. The lowest BCUT2D eigenvalue weighted by atomic mass is 9.75. The van der Waals surface area contributed by atoms with Gasteiger partial charge in [0, 0.05) is 5.41 Å². The second kappa shape index (κ2) is 6.53. The van der Waals surface area contributed by atoms with Gasteiger partial charge in [0.2, 0.25) is 0 Å². The van der Waals surface area contributed by atoms with Gasteiger partial charge in [0.05, 0.1) is 12.6 Å². The Morgan fingerprint density at radius 2 is 1.86 bits per heavy atom. The van der Waals surface area contributed by atoms with Crippen LogP contribution in [0.2, 0.25) is 0 Å². The van der Waals surface area contributed by atoms with Crippen LogP contribution in [0.15, 0.2) is 42.5 Å². The first-order valence-corrected chi connectivity index (χ1v) is 7.67. The minimum absolute atomic E-state index is 0.00928. The Labute approximate surface area is 132 Å². The summed E-state index contributed by atoms with van der Waals surface area (Å²) in [5.41, 5.74) is 0.0234. The Hall–Kier alpha value is -1.81. The average Bonchev–Trinajstić information content (AvgIpc) is 2.94. The van der Waals surface area contributed by atoms with Crippen molar-refractivity contribution >= 4 is 6.09 Å². The number of aliphatic hydroxyl groups is 1. The Morgan fingerprint density at radius 3 is 2.36 bits per heavy atom. The predicted molar refractivity (Wildman–Crippen MR) is 86.4 cm³/mol. The van der Waals surface area contributed by atoms with Crippen LogP contribution in [0.5, 0.6) is 0 Å². The van der Waals surface area contributed by atoms with Gasteiger partial charge in [0.15, 0.2) is 0 Å². The Bertz CT molecular complexity index is 523. The summed E-state index contributed by atoms with van der Waals surface area (Å²) in [6, 6.07) is 9.46. The van der Waals surface area contributed by atoms with E-state index >= 15 is 0 Å². The first-order chi connectivity index (χ1) is 10.4. The zero-order chi connectivity index (χ0) is 16.2. The highest BCUT2D eigenvalue weighted by molar-refractivity contribution is 5.68. The quantitative estimate of drug-likeness (QED) is 0.836. The molecular weight excluding hydrogens is 278 g/mol. The van der Waals surface area contributed by atoms with Crippen LogP contribution in [0.3, 0.4) is 0 Å². The van der Waals surface area contributed by atoms with Crippen molar-refractivity contribution in [2.75, 3.05) is 6.61 Å². The predicted octanol–water partition coefficient (Wildman–Crippen LogP) is 3.58. The van der Waals surface area contributed by atoms with Crippen LogP contribution < -0.4 is 5.32 Å². The van der Waals surface area contributed by atoms with Crippen LogP contribution >= 0.6 is 0 Å². The summed E-state index contributed by atoms with van der Waals surface area (Å²) in [5.74, 6) is 0. The molecule has 0 aliphatic heterocycles. The van der Waals surface area contributed by atoms with Crippen LogP contribution in [0.25, 0.3) is 0 Å². The molecule has 2 N–H and O–H groups in total. The van der Waals surface area contributed by atoms with E-state index in [-0.39, 0.29) is 12.6 Å². The van der Waals surface area contributed by atoms with Gasteiger partial charge in [0.1, 0.15) is 5.60 Å². The number of rotatable bonds is 4. The van der Waals surface area contributed by atoms with Crippen molar-refractivity contribution in [1.29, 1.82) is 0 Å². The van der Waals surface area contributed by atoms with E-state index in [1.165, 1.54) is 0 Å². The van der Waals surface area contributed by atoms with E-state index in [9.17, 15) is 9.90 Å². The summed E-state index contributed by atoms with van der Waals surface area (Å²) in [6.07, 6.45) is 5.13. The molecule has 0 saturated heterocycles. The summed E-state index contributed by atoms with van der Waals surface area (Å²) in [5, 5.41) is 12.9. The molecular formula is C18H25NO3. The second-order valence-electron chi connectivity index (χ2n) is 6.89. The smallest absolute Gasteiger partial charge is 0.408 e. The van der Waals surface area contributed by atoms with Gasteiger partial charge in [-0.25, -0.2) is 4.79 Å². The highest BCUT2D eigenvalue weighted by atomic mass is 16.6. The van der Waals surface area contributed by atoms with Gasteiger partial charge in [-0.15, -0.1) is 0 Å². The number of nitrogens with one attached hydrogen (secondary N) is 1. The summed E-state index contributed by atoms with van der Waals surface area (Å²) in [6.45, 7) is 5.52. The lowest BCUT2D eigenvalue weighted by Gasteiger charge is -2.37. The van der Waals surface area contributed by atoms with Crippen molar-refractivity contribution in [3.05, 3.63) is 48.0 Å². The van der Waals surface area contributed by atoms with E-state index < -0.39 is 17.1 Å². The van der Waals surface area contributed by atoms with Gasteiger partial charge in [-0.1, -0.05) is 42.5 Å². The van der Waals surface area contributed by atoms with E-state index in [4.69, 9.17) is 4.74 Å². The van der Waals surface area contributed by atoms with Crippen molar-refractivity contribution in [3.63, 3.8) is 0 Å². The Morgan fingerprint density at radius 1 is 1.27 bits per heavy atom. The molecule has 1 unspecified atom stereocenters. The van der Waals surface area contributed by atoms with Crippen molar-refractivity contribution in [2.45, 2.75) is 45.3 Å². The molecule has 0 saturated carbocycles. The number of aliphatic hydroxyl groups excluding tert-OH is 1. The molecule has 0 fully saturated rings. The van der Waals surface area contributed by atoms with E-state index in [0.717, 1.165) is 18.4 Å². The Balaban J connectivity index is 2.25. The van der Waals surface area contributed by atoms with E-state index in [1.54, 1.807) is 0 Å². The SMILES string of the molecule is CC(C)(C)OC(=O)NC(c1ccccc1)C1(CO)CC=CC1. The first kappa shape index (κ1) is 16.6. The van der Waals surface area contributed by atoms with Gasteiger partial charge in [-0.2, -0.15) is 0 Å². The Kier molecular flexibility index (Phi) is 4.91. The normalized spacial score (nSPS) is 18.0. The highest BCUT2D eigenvalue weighted by Gasteiger charge is 2.41. The fourth-order valence-corrected chi connectivity index (χ4v) is 2.84. The number of alkyl carbamates (subject to hydrolysis) is 1. The monoisotopic (exact) mass is 303 g/mol. The molecule has 1 amide bonds. The molecule has 2 rings (SSSR count). The second-order valence-corrected chi connectivity index (χ2v) is 6.89. The molecule has 0 aromatic heterocycles. The van der Waals surface area contributed by atoms with Crippen LogP contribution in [0.1, 0.15) is 45.2 Å². The minimum atomic E-state index is -0.550. The van der Waals surface area contributed by atoms with E-state index in [1.807, 2.05) is 51.1 Å². The van der Waals surface area contributed by atoms with Crippen LogP contribution in [0, 0.1) is 5.41 Å². The highest BCUT2D eigenvalue weighted by Crippen LogP contribution is 2.44. The molecule has 120 valence electrons. The molecule has 1 aromatic carbocycles. The number of carbonyl (C=O) groups is 1. The molecule has 4 nitrogen and oxygen atoms in total. The zero-order valence-electron chi connectivity index (χ0n) is 13.5. The molecule has 0 bridgehead atoms. The maximum Gasteiger partial charge on any atom is 0.408 e. The van der Waals surface area contributed by atoms with Gasteiger partial charge in [0.25, 0.3) is 0 Å². The maximum absolute atomic E-state index is 12.2. The maximum atomic E-state index is 12.2.